The molecule has 0 saturated carbocycles. The summed E-state index contributed by atoms with van der Waals surface area (Å²) in [5, 5.41) is 2.89. The molecule has 0 aliphatic heterocycles. The lowest BCUT2D eigenvalue weighted by Gasteiger charge is -2.07. The predicted octanol–water partition coefficient (Wildman–Crippen LogP) is 2.43. The van der Waals surface area contributed by atoms with Gasteiger partial charge in [0.2, 0.25) is 5.91 Å². The lowest BCUT2D eigenvalue weighted by atomic mass is 10.2. The van der Waals surface area contributed by atoms with Gasteiger partial charge in [-0.15, -0.1) is 0 Å². The molecule has 1 heterocycles. The minimum atomic E-state index is -0.526. The van der Waals surface area contributed by atoms with Crippen LogP contribution in [0.25, 0.3) is 17.1 Å². The van der Waals surface area contributed by atoms with Crippen LogP contribution in [0.4, 0.5) is 0 Å². The number of aryl methyl sites for hydroxylation is 2. The Labute approximate surface area is 169 Å². The number of ether oxygens (including phenoxy) is 1. The van der Waals surface area contributed by atoms with Crippen molar-refractivity contribution in [2.24, 2.45) is 5.73 Å². The first-order chi connectivity index (χ1) is 14.0. The number of para-hydroxylation sites is 2. The molecule has 0 aliphatic rings. The van der Waals surface area contributed by atoms with Crippen molar-refractivity contribution in [1.82, 2.24) is 14.9 Å². The van der Waals surface area contributed by atoms with Gasteiger partial charge in [-0.05, 0) is 49.2 Å². The van der Waals surface area contributed by atoms with Crippen molar-refractivity contribution < 1.29 is 14.3 Å². The van der Waals surface area contributed by atoms with Crippen molar-refractivity contribution >= 4 is 28.9 Å². The Morgan fingerprint density at radius 3 is 2.69 bits per heavy atom. The normalized spacial score (nSPS) is 11.1. The molecule has 0 radical (unpaired) electrons. The van der Waals surface area contributed by atoms with Crippen molar-refractivity contribution in [3.8, 4) is 5.75 Å². The van der Waals surface area contributed by atoms with E-state index in [1.54, 1.807) is 30.3 Å². The van der Waals surface area contributed by atoms with Gasteiger partial charge in [-0.25, -0.2) is 4.98 Å². The molecule has 0 spiro atoms. The molecule has 0 unspecified atom stereocenters. The number of carbonyl (C=O) groups excluding carboxylic acids is 2. The number of aromatic nitrogens is 2. The van der Waals surface area contributed by atoms with E-state index < -0.39 is 5.91 Å². The van der Waals surface area contributed by atoms with Gasteiger partial charge in [-0.3, -0.25) is 9.59 Å². The topological polar surface area (TPSA) is 99.2 Å². The summed E-state index contributed by atoms with van der Waals surface area (Å²) in [6, 6.07) is 15.1. The third-order valence-electron chi connectivity index (χ3n) is 4.39. The Hall–Kier alpha value is -3.61. The van der Waals surface area contributed by atoms with Crippen LogP contribution in [-0.4, -0.2) is 34.5 Å². The van der Waals surface area contributed by atoms with Gasteiger partial charge in [0.05, 0.1) is 11.0 Å². The Kier molecular flexibility index (Phi) is 6.63. The maximum Gasteiger partial charge on any atom is 0.255 e. The molecule has 0 bridgehead atoms. The van der Waals surface area contributed by atoms with E-state index in [0.717, 1.165) is 35.4 Å². The zero-order chi connectivity index (χ0) is 20.6. The van der Waals surface area contributed by atoms with Crippen LogP contribution in [0.1, 0.15) is 17.8 Å². The predicted molar refractivity (Wildman–Crippen MR) is 112 cm³/mol. The highest BCUT2D eigenvalue weighted by Gasteiger charge is 2.06. The zero-order valence-electron chi connectivity index (χ0n) is 16.3. The molecule has 3 rings (SSSR count). The summed E-state index contributed by atoms with van der Waals surface area (Å²) in [5.74, 6) is 0.849. The largest absolute Gasteiger partial charge is 0.484 e. The molecule has 29 heavy (non-hydrogen) atoms. The van der Waals surface area contributed by atoms with Crippen LogP contribution < -0.4 is 15.8 Å². The molecule has 1 aromatic heterocycles. The summed E-state index contributed by atoms with van der Waals surface area (Å²) in [6.45, 7) is 3.20. The molecule has 2 amide bonds. The highest BCUT2D eigenvalue weighted by molar-refractivity contribution is 5.91. The van der Waals surface area contributed by atoms with Gasteiger partial charge in [-0.2, -0.15) is 0 Å². The second-order valence-electron chi connectivity index (χ2n) is 6.60. The molecule has 0 fully saturated rings. The van der Waals surface area contributed by atoms with E-state index >= 15 is 0 Å². The summed E-state index contributed by atoms with van der Waals surface area (Å²) in [5.41, 5.74) is 7.99. The number of imidazole rings is 1. The summed E-state index contributed by atoms with van der Waals surface area (Å²) >= 11 is 0. The van der Waals surface area contributed by atoms with E-state index in [1.165, 1.54) is 6.08 Å². The molecule has 150 valence electrons. The fourth-order valence-corrected chi connectivity index (χ4v) is 2.99. The molecular formula is C22H24N4O3. The second kappa shape index (κ2) is 9.54. The van der Waals surface area contributed by atoms with E-state index in [0.29, 0.717) is 12.3 Å². The van der Waals surface area contributed by atoms with Crippen LogP contribution in [-0.2, 0) is 16.1 Å². The number of carbonyl (C=O) groups is 2. The smallest absolute Gasteiger partial charge is 0.255 e. The SMILES string of the molecule is Cc1nc2ccccc2n1CCCNC(=O)/C=C/c1ccc(OCC(N)=O)cc1. The van der Waals surface area contributed by atoms with Crippen LogP contribution in [0.15, 0.2) is 54.6 Å². The minimum absolute atomic E-state index is 0.147. The standard InChI is InChI=1S/C22H24N4O3/c1-16-25-19-5-2-3-6-20(19)26(16)14-4-13-24-22(28)12-9-17-7-10-18(11-8-17)29-15-21(23)27/h2-3,5-12H,4,13-15H2,1H3,(H2,23,27)(H,24,28)/b12-9+. The number of nitrogens with two attached hydrogens (primary N) is 1. The number of hydrogen-bond acceptors (Lipinski definition) is 4. The van der Waals surface area contributed by atoms with Crippen molar-refractivity contribution in [3.63, 3.8) is 0 Å². The first kappa shape index (κ1) is 20.1. The fraction of sp³-hybridized carbons (Fsp3) is 0.227. The summed E-state index contributed by atoms with van der Waals surface area (Å²) in [6.07, 6.45) is 4.03. The van der Waals surface area contributed by atoms with Gasteiger partial charge in [0.15, 0.2) is 6.61 Å². The van der Waals surface area contributed by atoms with Gasteiger partial charge in [-0.1, -0.05) is 24.3 Å². The third kappa shape index (κ3) is 5.68. The molecule has 7 heteroatoms. The highest BCUT2D eigenvalue weighted by atomic mass is 16.5. The average Bonchev–Trinajstić information content (AvgIpc) is 3.04. The Morgan fingerprint density at radius 1 is 1.17 bits per heavy atom. The summed E-state index contributed by atoms with van der Waals surface area (Å²) in [7, 11) is 0. The van der Waals surface area contributed by atoms with Crippen molar-refractivity contribution in [3.05, 3.63) is 66.0 Å². The van der Waals surface area contributed by atoms with Crippen molar-refractivity contribution in [1.29, 1.82) is 0 Å². The Bertz CT molecular complexity index is 1020. The number of nitrogens with zero attached hydrogens (tertiary/aromatic N) is 2. The summed E-state index contributed by atoms with van der Waals surface area (Å²) < 4.78 is 7.36. The first-order valence-corrected chi connectivity index (χ1v) is 9.42. The van der Waals surface area contributed by atoms with Gasteiger partial charge >= 0.3 is 0 Å². The number of hydrogen-bond donors (Lipinski definition) is 2. The number of benzene rings is 2. The number of nitrogens with one attached hydrogen (secondary N) is 1. The Balaban J connectivity index is 1.44. The van der Waals surface area contributed by atoms with Crippen LogP contribution in [0.5, 0.6) is 5.75 Å². The molecule has 3 aromatic rings. The maximum absolute atomic E-state index is 12.0. The quantitative estimate of drug-likeness (QED) is 0.431. The van der Waals surface area contributed by atoms with Gasteiger partial charge < -0.3 is 20.4 Å². The Morgan fingerprint density at radius 2 is 1.93 bits per heavy atom. The van der Waals surface area contributed by atoms with E-state index in [4.69, 9.17) is 10.5 Å². The fourth-order valence-electron chi connectivity index (χ4n) is 2.99. The number of rotatable bonds is 9. The molecular weight excluding hydrogens is 368 g/mol. The van der Waals surface area contributed by atoms with Crippen LogP contribution in [0, 0.1) is 6.92 Å². The first-order valence-electron chi connectivity index (χ1n) is 9.42. The van der Waals surface area contributed by atoms with Gasteiger partial charge in [0, 0.05) is 19.2 Å². The molecule has 0 aliphatic carbocycles. The van der Waals surface area contributed by atoms with Crippen molar-refractivity contribution in [2.75, 3.05) is 13.2 Å². The molecule has 7 nitrogen and oxygen atoms in total. The minimum Gasteiger partial charge on any atom is -0.484 e. The van der Waals surface area contributed by atoms with E-state index in [2.05, 4.69) is 20.9 Å². The van der Waals surface area contributed by atoms with E-state index in [9.17, 15) is 9.59 Å². The molecule has 0 atom stereocenters. The zero-order valence-corrected chi connectivity index (χ0v) is 16.3. The van der Waals surface area contributed by atoms with Crippen LogP contribution in [0.3, 0.4) is 0 Å². The number of amides is 2. The molecule has 2 aromatic carbocycles. The summed E-state index contributed by atoms with van der Waals surface area (Å²) in [4.78, 5) is 27.3. The molecule has 3 N–H and O–H groups in total. The lowest BCUT2D eigenvalue weighted by Crippen LogP contribution is -2.23. The number of primary amides is 1. The number of fused-ring (bicyclic) bond motifs is 1. The molecule has 0 saturated heterocycles. The van der Waals surface area contributed by atoms with Crippen molar-refractivity contribution in [2.45, 2.75) is 19.9 Å². The van der Waals surface area contributed by atoms with Gasteiger partial charge in [0.25, 0.3) is 5.91 Å². The maximum atomic E-state index is 12.0. The van der Waals surface area contributed by atoms with E-state index in [-0.39, 0.29) is 12.5 Å². The van der Waals surface area contributed by atoms with Gasteiger partial charge in [0.1, 0.15) is 11.6 Å². The monoisotopic (exact) mass is 392 g/mol. The van der Waals surface area contributed by atoms with Crippen LogP contribution in [0.2, 0.25) is 0 Å². The second-order valence-corrected chi connectivity index (χ2v) is 6.60. The van der Waals surface area contributed by atoms with Crippen LogP contribution >= 0.6 is 0 Å². The third-order valence-corrected chi connectivity index (χ3v) is 4.39. The lowest BCUT2D eigenvalue weighted by molar-refractivity contribution is -0.120. The highest BCUT2D eigenvalue weighted by Crippen LogP contribution is 2.15. The average molecular weight is 392 g/mol. The van der Waals surface area contributed by atoms with E-state index in [1.807, 2.05) is 25.1 Å².